The molecular formula is C20H25N3O4. The number of benzene rings is 1. The van der Waals surface area contributed by atoms with Crippen LogP contribution in [0.3, 0.4) is 0 Å². The number of aryl methyl sites for hydroxylation is 1. The molecule has 144 valence electrons. The summed E-state index contributed by atoms with van der Waals surface area (Å²) < 4.78 is 12.4. The zero-order valence-corrected chi connectivity index (χ0v) is 16.0. The van der Waals surface area contributed by atoms with Gasteiger partial charge in [-0.05, 0) is 32.9 Å². The fraction of sp³-hybridized carbons (Fsp3) is 0.450. The molecule has 1 aromatic carbocycles. The van der Waals surface area contributed by atoms with Crippen molar-refractivity contribution in [3.05, 3.63) is 47.3 Å². The van der Waals surface area contributed by atoms with E-state index in [0.29, 0.717) is 19.7 Å². The second-order valence-electron chi connectivity index (χ2n) is 6.76. The van der Waals surface area contributed by atoms with E-state index in [2.05, 4.69) is 5.10 Å². The van der Waals surface area contributed by atoms with Gasteiger partial charge in [0.2, 0.25) is 0 Å². The van der Waals surface area contributed by atoms with E-state index in [0.717, 1.165) is 22.6 Å². The van der Waals surface area contributed by atoms with Crippen LogP contribution in [0, 0.1) is 13.8 Å². The zero-order valence-electron chi connectivity index (χ0n) is 16.0. The monoisotopic (exact) mass is 371 g/mol. The third-order valence-corrected chi connectivity index (χ3v) is 4.71. The normalized spacial score (nSPS) is 17.0. The minimum absolute atomic E-state index is 0.00697. The summed E-state index contributed by atoms with van der Waals surface area (Å²) in [6, 6.07) is 9.75. The Hall–Kier alpha value is -2.67. The molecule has 1 fully saturated rings. The van der Waals surface area contributed by atoms with E-state index in [1.54, 1.807) is 4.90 Å². The fourth-order valence-corrected chi connectivity index (χ4v) is 3.23. The summed E-state index contributed by atoms with van der Waals surface area (Å²) in [5.41, 5.74) is 3.44. The smallest absolute Gasteiger partial charge is 0.310 e. The standard InChI is InChI=1S/C20H25N3O4/c1-14-12-22(9-10-26-14)19(24)13-27-20(25)11-18-15(2)21-23(16(18)3)17-7-5-4-6-8-17/h4-8,14H,9-13H2,1-3H3. The maximum Gasteiger partial charge on any atom is 0.310 e. The van der Waals surface area contributed by atoms with Crippen LogP contribution in [0.2, 0.25) is 0 Å². The molecule has 1 unspecified atom stereocenters. The number of rotatable bonds is 5. The highest BCUT2D eigenvalue weighted by Gasteiger charge is 2.23. The summed E-state index contributed by atoms with van der Waals surface area (Å²) in [6.07, 6.45) is 0.102. The van der Waals surface area contributed by atoms with E-state index in [1.807, 2.05) is 55.8 Å². The van der Waals surface area contributed by atoms with Crippen LogP contribution >= 0.6 is 0 Å². The van der Waals surface area contributed by atoms with Crippen LogP contribution in [-0.2, 0) is 25.5 Å². The van der Waals surface area contributed by atoms with Crippen LogP contribution in [0.4, 0.5) is 0 Å². The first-order chi connectivity index (χ1) is 13.0. The summed E-state index contributed by atoms with van der Waals surface area (Å²) in [4.78, 5) is 26.1. The summed E-state index contributed by atoms with van der Waals surface area (Å²) in [5.74, 6) is -0.615. The number of carbonyl (C=O) groups is 2. The first-order valence-corrected chi connectivity index (χ1v) is 9.11. The van der Waals surface area contributed by atoms with Gasteiger partial charge in [0.05, 0.1) is 30.5 Å². The van der Waals surface area contributed by atoms with Gasteiger partial charge in [-0.25, -0.2) is 4.68 Å². The van der Waals surface area contributed by atoms with Crippen molar-refractivity contribution in [2.24, 2.45) is 0 Å². The Bertz CT molecular complexity index is 816. The summed E-state index contributed by atoms with van der Waals surface area (Å²) >= 11 is 0. The van der Waals surface area contributed by atoms with Gasteiger partial charge in [0, 0.05) is 24.3 Å². The summed E-state index contributed by atoms with van der Waals surface area (Å²) in [5, 5.41) is 4.53. The maximum atomic E-state index is 12.3. The van der Waals surface area contributed by atoms with E-state index < -0.39 is 5.97 Å². The van der Waals surface area contributed by atoms with Crippen LogP contribution < -0.4 is 0 Å². The first-order valence-electron chi connectivity index (χ1n) is 9.11. The van der Waals surface area contributed by atoms with Gasteiger partial charge in [0.1, 0.15) is 0 Å². The number of esters is 1. The molecule has 0 aliphatic carbocycles. The Kier molecular flexibility index (Phi) is 5.91. The molecule has 27 heavy (non-hydrogen) atoms. The largest absolute Gasteiger partial charge is 0.455 e. The molecule has 1 saturated heterocycles. The molecule has 0 saturated carbocycles. The third-order valence-electron chi connectivity index (χ3n) is 4.71. The molecule has 3 rings (SSSR count). The molecule has 7 nitrogen and oxygen atoms in total. The summed E-state index contributed by atoms with van der Waals surface area (Å²) in [6.45, 7) is 7.04. The molecule has 1 amide bonds. The molecule has 1 aliphatic rings. The van der Waals surface area contributed by atoms with Gasteiger partial charge in [-0.15, -0.1) is 0 Å². The number of carbonyl (C=O) groups excluding carboxylic acids is 2. The molecule has 0 N–H and O–H groups in total. The first kappa shape index (κ1) is 19.1. The Balaban J connectivity index is 1.60. The predicted molar refractivity (Wildman–Crippen MR) is 99.7 cm³/mol. The highest BCUT2D eigenvalue weighted by atomic mass is 16.5. The van der Waals surface area contributed by atoms with E-state index >= 15 is 0 Å². The molecular weight excluding hydrogens is 346 g/mol. The molecule has 0 radical (unpaired) electrons. The Morgan fingerprint density at radius 3 is 2.70 bits per heavy atom. The second-order valence-corrected chi connectivity index (χ2v) is 6.76. The average molecular weight is 371 g/mol. The van der Waals surface area contributed by atoms with Crippen molar-refractivity contribution in [1.82, 2.24) is 14.7 Å². The van der Waals surface area contributed by atoms with Gasteiger partial charge in [0.15, 0.2) is 6.61 Å². The minimum atomic E-state index is -0.427. The topological polar surface area (TPSA) is 73.7 Å². The van der Waals surface area contributed by atoms with Crippen molar-refractivity contribution in [1.29, 1.82) is 0 Å². The molecule has 7 heteroatoms. The van der Waals surface area contributed by atoms with Gasteiger partial charge >= 0.3 is 5.97 Å². The Morgan fingerprint density at radius 2 is 2.00 bits per heavy atom. The quantitative estimate of drug-likeness (QED) is 0.750. The van der Waals surface area contributed by atoms with E-state index in [-0.39, 0.29) is 25.0 Å². The molecule has 1 atom stereocenters. The van der Waals surface area contributed by atoms with Crippen molar-refractivity contribution in [3.8, 4) is 5.69 Å². The van der Waals surface area contributed by atoms with Crippen LogP contribution in [-0.4, -0.2) is 59.0 Å². The second kappa shape index (κ2) is 8.35. The van der Waals surface area contributed by atoms with E-state index in [9.17, 15) is 9.59 Å². The highest BCUT2D eigenvalue weighted by molar-refractivity contribution is 5.81. The molecule has 0 spiro atoms. The van der Waals surface area contributed by atoms with Crippen LogP contribution in [0.1, 0.15) is 23.9 Å². The van der Waals surface area contributed by atoms with Crippen LogP contribution in [0.15, 0.2) is 30.3 Å². The van der Waals surface area contributed by atoms with Crippen molar-refractivity contribution < 1.29 is 19.1 Å². The number of nitrogens with zero attached hydrogens (tertiary/aromatic N) is 3. The number of morpholine rings is 1. The molecule has 1 aliphatic heterocycles. The average Bonchev–Trinajstić information content (AvgIpc) is 2.95. The third kappa shape index (κ3) is 4.54. The van der Waals surface area contributed by atoms with Gasteiger partial charge in [-0.3, -0.25) is 9.59 Å². The zero-order chi connectivity index (χ0) is 19.4. The lowest BCUT2D eigenvalue weighted by atomic mass is 10.1. The molecule has 2 heterocycles. The number of ether oxygens (including phenoxy) is 2. The van der Waals surface area contributed by atoms with Crippen molar-refractivity contribution in [2.75, 3.05) is 26.3 Å². The molecule has 0 bridgehead atoms. The van der Waals surface area contributed by atoms with Crippen molar-refractivity contribution in [3.63, 3.8) is 0 Å². The highest BCUT2D eigenvalue weighted by Crippen LogP contribution is 2.18. The number of hydrogen-bond acceptors (Lipinski definition) is 5. The lowest BCUT2D eigenvalue weighted by Gasteiger charge is -2.30. The Labute approximate surface area is 158 Å². The van der Waals surface area contributed by atoms with E-state index in [1.165, 1.54) is 0 Å². The lowest BCUT2D eigenvalue weighted by Crippen LogP contribution is -2.46. The molecule has 2 aromatic rings. The van der Waals surface area contributed by atoms with Crippen LogP contribution in [0.5, 0.6) is 0 Å². The van der Waals surface area contributed by atoms with E-state index in [4.69, 9.17) is 9.47 Å². The number of amides is 1. The number of para-hydroxylation sites is 1. The lowest BCUT2D eigenvalue weighted by molar-refractivity contribution is -0.154. The van der Waals surface area contributed by atoms with Gasteiger partial charge in [0.25, 0.3) is 5.91 Å². The molecule has 1 aromatic heterocycles. The van der Waals surface area contributed by atoms with Crippen molar-refractivity contribution in [2.45, 2.75) is 33.3 Å². The number of hydrogen-bond donors (Lipinski definition) is 0. The van der Waals surface area contributed by atoms with Gasteiger partial charge in [-0.2, -0.15) is 5.10 Å². The predicted octanol–water partition coefficient (Wildman–Crippen LogP) is 1.82. The SMILES string of the molecule is Cc1nn(-c2ccccc2)c(C)c1CC(=O)OCC(=O)N1CCOC(C)C1. The van der Waals surface area contributed by atoms with Gasteiger partial charge < -0.3 is 14.4 Å². The fourth-order valence-electron chi connectivity index (χ4n) is 3.23. The maximum absolute atomic E-state index is 12.3. The van der Waals surface area contributed by atoms with Crippen LogP contribution in [0.25, 0.3) is 5.69 Å². The minimum Gasteiger partial charge on any atom is -0.455 e. The van der Waals surface area contributed by atoms with Crippen molar-refractivity contribution >= 4 is 11.9 Å². The Morgan fingerprint density at radius 1 is 1.26 bits per heavy atom. The van der Waals surface area contributed by atoms with Gasteiger partial charge in [-0.1, -0.05) is 18.2 Å². The summed E-state index contributed by atoms with van der Waals surface area (Å²) in [7, 11) is 0. The number of aromatic nitrogens is 2.